The minimum absolute atomic E-state index is 0.358. The van der Waals surface area contributed by atoms with Gasteiger partial charge in [0, 0.05) is 18.1 Å². The number of oxazole rings is 1. The Morgan fingerprint density at radius 2 is 1.67 bits per heavy atom. The molecule has 3 rings (SSSR count). The van der Waals surface area contributed by atoms with E-state index < -0.39 is 11.1 Å². The van der Waals surface area contributed by atoms with E-state index in [1.807, 2.05) is 30.3 Å². The van der Waals surface area contributed by atoms with Gasteiger partial charge in [-0.05, 0) is 24.3 Å². The van der Waals surface area contributed by atoms with E-state index in [2.05, 4.69) is 4.98 Å². The Balaban J connectivity index is 2.09. The Kier molecular flexibility index (Phi) is 3.68. The third kappa shape index (κ3) is 2.79. The van der Waals surface area contributed by atoms with Gasteiger partial charge in [-0.25, -0.2) is 9.19 Å². The highest BCUT2D eigenvalue weighted by Crippen LogP contribution is 2.32. The molecule has 1 aromatic heterocycles. The van der Waals surface area contributed by atoms with Crippen LogP contribution in [0.4, 0.5) is 0 Å². The van der Waals surface area contributed by atoms with E-state index in [1.165, 1.54) is 0 Å². The lowest BCUT2D eigenvalue weighted by Crippen LogP contribution is -1.88. The van der Waals surface area contributed by atoms with Crippen LogP contribution in [0.1, 0.15) is 5.89 Å². The number of benzene rings is 2. The highest BCUT2D eigenvalue weighted by atomic mass is 32.2. The SMILES string of the molecule is Cc1nc(-c2ccccc2)c(-c2ccc(S(=O)O)cc2)o1. The van der Waals surface area contributed by atoms with E-state index in [1.54, 1.807) is 31.2 Å². The minimum atomic E-state index is -1.98. The topological polar surface area (TPSA) is 63.3 Å². The molecular formula is C16H13NO3S. The molecule has 1 atom stereocenters. The summed E-state index contributed by atoms with van der Waals surface area (Å²) in [6.45, 7) is 1.80. The molecule has 0 aliphatic heterocycles. The van der Waals surface area contributed by atoms with Crippen molar-refractivity contribution in [2.75, 3.05) is 0 Å². The van der Waals surface area contributed by atoms with Crippen molar-refractivity contribution >= 4 is 11.1 Å². The summed E-state index contributed by atoms with van der Waals surface area (Å²) in [5, 5.41) is 0. The molecule has 0 fully saturated rings. The number of rotatable bonds is 3. The van der Waals surface area contributed by atoms with Crippen molar-refractivity contribution in [1.29, 1.82) is 0 Å². The van der Waals surface area contributed by atoms with Gasteiger partial charge in [-0.15, -0.1) is 0 Å². The summed E-state index contributed by atoms with van der Waals surface area (Å²) in [7, 11) is 0. The van der Waals surface area contributed by atoms with E-state index in [0.29, 0.717) is 16.5 Å². The van der Waals surface area contributed by atoms with Crippen LogP contribution in [-0.2, 0) is 11.1 Å². The molecule has 4 nitrogen and oxygen atoms in total. The molecule has 1 unspecified atom stereocenters. The van der Waals surface area contributed by atoms with Gasteiger partial charge >= 0.3 is 0 Å². The van der Waals surface area contributed by atoms with E-state index in [9.17, 15) is 4.21 Å². The molecule has 0 radical (unpaired) electrons. The van der Waals surface area contributed by atoms with Crippen molar-refractivity contribution in [3.8, 4) is 22.6 Å². The maximum Gasteiger partial charge on any atom is 0.192 e. The van der Waals surface area contributed by atoms with E-state index in [0.717, 1.165) is 16.8 Å². The summed E-state index contributed by atoms with van der Waals surface area (Å²) >= 11 is -1.98. The molecule has 0 aliphatic rings. The molecule has 21 heavy (non-hydrogen) atoms. The van der Waals surface area contributed by atoms with Crippen LogP contribution in [0.2, 0.25) is 0 Å². The van der Waals surface area contributed by atoms with Crippen molar-refractivity contribution < 1.29 is 13.2 Å². The highest BCUT2D eigenvalue weighted by molar-refractivity contribution is 7.79. The Labute approximate surface area is 124 Å². The molecule has 106 valence electrons. The van der Waals surface area contributed by atoms with Crippen LogP contribution in [0.5, 0.6) is 0 Å². The fourth-order valence-corrected chi connectivity index (χ4v) is 2.51. The van der Waals surface area contributed by atoms with Gasteiger partial charge in [0.25, 0.3) is 0 Å². The minimum Gasteiger partial charge on any atom is -0.440 e. The van der Waals surface area contributed by atoms with Crippen molar-refractivity contribution in [3.63, 3.8) is 0 Å². The van der Waals surface area contributed by atoms with E-state index in [-0.39, 0.29) is 0 Å². The summed E-state index contributed by atoms with van der Waals surface area (Å²) in [6, 6.07) is 16.5. The first-order valence-corrected chi connectivity index (χ1v) is 7.50. The van der Waals surface area contributed by atoms with Crippen LogP contribution in [0.3, 0.4) is 0 Å². The average Bonchev–Trinajstić information content (AvgIpc) is 2.90. The fraction of sp³-hybridized carbons (Fsp3) is 0.0625. The third-order valence-electron chi connectivity index (χ3n) is 3.10. The molecule has 5 heteroatoms. The summed E-state index contributed by atoms with van der Waals surface area (Å²) in [5.74, 6) is 1.24. The van der Waals surface area contributed by atoms with E-state index >= 15 is 0 Å². The largest absolute Gasteiger partial charge is 0.440 e. The maximum atomic E-state index is 11.0. The monoisotopic (exact) mass is 299 g/mol. The zero-order valence-corrected chi connectivity index (χ0v) is 12.1. The van der Waals surface area contributed by atoms with Gasteiger partial charge in [0.2, 0.25) is 0 Å². The molecule has 0 bridgehead atoms. The lowest BCUT2D eigenvalue weighted by Gasteiger charge is -2.02. The molecular weight excluding hydrogens is 286 g/mol. The first-order valence-electron chi connectivity index (χ1n) is 6.39. The first kappa shape index (κ1) is 13.7. The lowest BCUT2D eigenvalue weighted by atomic mass is 10.1. The number of aromatic nitrogens is 1. The molecule has 0 aliphatic carbocycles. The van der Waals surface area contributed by atoms with Gasteiger partial charge in [-0.2, -0.15) is 0 Å². The lowest BCUT2D eigenvalue weighted by molar-refractivity contribution is 0.534. The second-order valence-electron chi connectivity index (χ2n) is 4.55. The van der Waals surface area contributed by atoms with Crippen LogP contribution in [-0.4, -0.2) is 13.7 Å². The number of hydrogen-bond acceptors (Lipinski definition) is 3. The van der Waals surface area contributed by atoms with Crippen molar-refractivity contribution in [2.45, 2.75) is 11.8 Å². The Morgan fingerprint density at radius 1 is 1.00 bits per heavy atom. The van der Waals surface area contributed by atoms with Crippen LogP contribution >= 0.6 is 0 Å². The third-order valence-corrected chi connectivity index (χ3v) is 3.77. The summed E-state index contributed by atoms with van der Waals surface area (Å²) in [5.41, 5.74) is 2.56. The second kappa shape index (κ2) is 5.63. The zero-order chi connectivity index (χ0) is 14.8. The number of aryl methyl sites for hydroxylation is 1. The van der Waals surface area contributed by atoms with Crippen molar-refractivity contribution in [2.24, 2.45) is 0 Å². The van der Waals surface area contributed by atoms with Crippen molar-refractivity contribution in [3.05, 3.63) is 60.5 Å². The van der Waals surface area contributed by atoms with Gasteiger partial charge in [0.15, 0.2) is 22.7 Å². The van der Waals surface area contributed by atoms with E-state index in [4.69, 9.17) is 8.97 Å². The molecule has 2 aromatic carbocycles. The second-order valence-corrected chi connectivity index (χ2v) is 5.52. The summed E-state index contributed by atoms with van der Waals surface area (Å²) in [6.07, 6.45) is 0. The molecule has 0 saturated carbocycles. The smallest absolute Gasteiger partial charge is 0.192 e. The molecule has 1 N–H and O–H groups in total. The predicted molar refractivity (Wildman–Crippen MR) is 81.1 cm³/mol. The zero-order valence-electron chi connectivity index (χ0n) is 11.3. The summed E-state index contributed by atoms with van der Waals surface area (Å²) in [4.78, 5) is 4.80. The summed E-state index contributed by atoms with van der Waals surface area (Å²) < 4.78 is 25.8. The molecule has 1 heterocycles. The van der Waals surface area contributed by atoms with Crippen LogP contribution in [0.15, 0.2) is 63.9 Å². The Hall–Kier alpha value is -2.24. The quantitative estimate of drug-likeness (QED) is 0.745. The maximum absolute atomic E-state index is 11.0. The number of hydrogen-bond donors (Lipinski definition) is 1. The van der Waals surface area contributed by atoms with Gasteiger partial charge < -0.3 is 8.97 Å². The van der Waals surface area contributed by atoms with Gasteiger partial charge in [-0.1, -0.05) is 30.3 Å². The van der Waals surface area contributed by atoms with Gasteiger partial charge in [0.1, 0.15) is 5.69 Å². The standard InChI is InChI=1S/C16H13NO3S/c1-11-17-15(12-5-3-2-4-6-12)16(20-11)13-7-9-14(10-8-13)21(18)19/h2-10H,1H3,(H,18,19). The van der Waals surface area contributed by atoms with Gasteiger partial charge in [0.05, 0.1) is 4.90 Å². The first-order chi connectivity index (χ1) is 10.1. The predicted octanol–water partition coefficient (Wildman–Crippen LogP) is 3.90. The molecule has 0 amide bonds. The van der Waals surface area contributed by atoms with Crippen LogP contribution < -0.4 is 0 Å². The fourth-order valence-electron chi connectivity index (χ4n) is 2.14. The molecule has 0 saturated heterocycles. The highest BCUT2D eigenvalue weighted by Gasteiger charge is 2.15. The normalized spacial score (nSPS) is 12.3. The Morgan fingerprint density at radius 3 is 2.29 bits per heavy atom. The van der Waals surface area contributed by atoms with Crippen molar-refractivity contribution in [1.82, 2.24) is 4.98 Å². The number of nitrogens with zero attached hydrogens (tertiary/aromatic N) is 1. The van der Waals surface area contributed by atoms with Crippen LogP contribution in [0.25, 0.3) is 22.6 Å². The van der Waals surface area contributed by atoms with Crippen LogP contribution in [0, 0.1) is 6.92 Å². The molecule has 0 spiro atoms. The molecule has 3 aromatic rings. The Bertz CT molecular complexity index is 779. The average molecular weight is 299 g/mol. The van der Waals surface area contributed by atoms with Gasteiger partial charge in [-0.3, -0.25) is 0 Å².